The predicted molar refractivity (Wildman–Crippen MR) is 123 cm³/mol. The largest absolute Gasteiger partial charge is 0.355 e. The van der Waals surface area contributed by atoms with Crippen molar-refractivity contribution in [2.24, 2.45) is 4.99 Å². The van der Waals surface area contributed by atoms with Gasteiger partial charge >= 0.3 is 0 Å². The predicted octanol–water partition coefficient (Wildman–Crippen LogP) is 2.77. The Bertz CT molecular complexity index is 819. The highest BCUT2D eigenvalue weighted by atomic mass is 16.1. The molecule has 1 unspecified atom stereocenters. The molecule has 1 amide bonds. The molecule has 0 aromatic heterocycles. The van der Waals surface area contributed by atoms with Gasteiger partial charge in [-0.2, -0.15) is 0 Å². The number of guanidine groups is 1. The summed E-state index contributed by atoms with van der Waals surface area (Å²) in [7, 11) is 1.80. The van der Waals surface area contributed by atoms with E-state index in [9.17, 15) is 4.79 Å². The van der Waals surface area contributed by atoms with E-state index in [1.165, 1.54) is 18.4 Å². The van der Waals surface area contributed by atoms with Crippen LogP contribution in [0.15, 0.2) is 59.6 Å². The van der Waals surface area contributed by atoms with Gasteiger partial charge in [-0.3, -0.25) is 14.7 Å². The molecule has 0 saturated carbocycles. The molecular formula is C24H33N5O. The standard InChI is InChI=1S/C24H33N5O/c1-3-26-23(30)21-13-11-19(12-14-21)16-27-24(25-2)28-17-22-10-7-15-29(22)18-20-8-5-4-6-9-20/h4-6,8-9,11-14,22H,3,7,10,15-18H2,1-2H3,(H,26,30)(H2,25,27,28). The lowest BCUT2D eigenvalue weighted by Crippen LogP contribution is -2.44. The minimum atomic E-state index is -0.0360. The van der Waals surface area contributed by atoms with E-state index in [-0.39, 0.29) is 5.91 Å². The van der Waals surface area contributed by atoms with Crippen LogP contribution in [-0.4, -0.2) is 49.5 Å². The summed E-state index contributed by atoms with van der Waals surface area (Å²) in [5.74, 6) is 0.764. The van der Waals surface area contributed by atoms with E-state index in [2.05, 4.69) is 56.2 Å². The van der Waals surface area contributed by atoms with Gasteiger partial charge in [-0.05, 0) is 49.6 Å². The number of nitrogens with zero attached hydrogens (tertiary/aromatic N) is 2. The van der Waals surface area contributed by atoms with E-state index in [0.29, 0.717) is 24.7 Å². The number of hydrogen-bond donors (Lipinski definition) is 3. The molecule has 1 atom stereocenters. The second kappa shape index (κ2) is 11.4. The maximum atomic E-state index is 11.9. The van der Waals surface area contributed by atoms with Gasteiger partial charge < -0.3 is 16.0 Å². The highest BCUT2D eigenvalue weighted by Gasteiger charge is 2.24. The molecule has 0 spiro atoms. The highest BCUT2D eigenvalue weighted by Crippen LogP contribution is 2.19. The average Bonchev–Trinajstić information content (AvgIpc) is 3.22. The smallest absolute Gasteiger partial charge is 0.251 e. The van der Waals surface area contributed by atoms with Gasteiger partial charge in [0.1, 0.15) is 0 Å². The number of likely N-dealkylation sites (tertiary alicyclic amines) is 1. The van der Waals surface area contributed by atoms with Crippen LogP contribution >= 0.6 is 0 Å². The number of hydrogen-bond acceptors (Lipinski definition) is 3. The topological polar surface area (TPSA) is 68.8 Å². The summed E-state index contributed by atoms with van der Waals surface area (Å²) < 4.78 is 0. The van der Waals surface area contributed by atoms with E-state index in [4.69, 9.17) is 0 Å². The highest BCUT2D eigenvalue weighted by molar-refractivity contribution is 5.94. The first-order valence-electron chi connectivity index (χ1n) is 10.8. The van der Waals surface area contributed by atoms with Crippen LogP contribution in [0.4, 0.5) is 0 Å². The van der Waals surface area contributed by atoms with Crippen LogP contribution < -0.4 is 16.0 Å². The first-order chi connectivity index (χ1) is 14.7. The molecule has 3 N–H and O–H groups in total. The van der Waals surface area contributed by atoms with Crippen molar-refractivity contribution in [3.05, 3.63) is 71.3 Å². The number of aliphatic imine (C=N–C) groups is 1. The van der Waals surface area contributed by atoms with Crippen LogP contribution in [0, 0.1) is 0 Å². The molecule has 6 heteroatoms. The van der Waals surface area contributed by atoms with Crippen LogP contribution in [0.2, 0.25) is 0 Å². The van der Waals surface area contributed by atoms with E-state index in [1.807, 2.05) is 31.2 Å². The van der Waals surface area contributed by atoms with Crippen LogP contribution in [0.1, 0.15) is 41.3 Å². The van der Waals surface area contributed by atoms with Gasteiger partial charge in [0.25, 0.3) is 5.91 Å². The Morgan fingerprint density at radius 3 is 2.50 bits per heavy atom. The molecular weight excluding hydrogens is 374 g/mol. The fourth-order valence-electron chi connectivity index (χ4n) is 3.81. The number of rotatable bonds is 8. The third kappa shape index (κ3) is 6.32. The molecule has 30 heavy (non-hydrogen) atoms. The van der Waals surface area contributed by atoms with Crippen LogP contribution in [-0.2, 0) is 13.1 Å². The minimum Gasteiger partial charge on any atom is -0.355 e. The third-order valence-corrected chi connectivity index (χ3v) is 5.47. The zero-order valence-corrected chi connectivity index (χ0v) is 18.0. The molecule has 0 bridgehead atoms. The zero-order chi connectivity index (χ0) is 21.2. The summed E-state index contributed by atoms with van der Waals surface area (Å²) in [6.45, 7) is 6.23. The maximum absolute atomic E-state index is 11.9. The summed E-state index contributed by atoms with van der Waals surface area (Å²) in [6, 6.07) is 18.8. The number of carbonyl (C=O) groups excluding carboxylic acids is 1. The number of carbonyl (C=O) groups is 1. The van der Waals surface area contributed by atoms with E-state index in [0.717, 1.165) is 31.2 Å². The van der Waals surface area contributed by atoms with Crippen molar-refractivity contribution in [1.29, 1.82) is 0 Å². The van der Waals surface area contributed by atoms with Gasteiger partial charge in [0, 0.05) is 44.8 Å². The zero-order valence-electron chi connectivity index (χ0n) is 18.0. The van der Waals surface area contributed by atoms with Crippen molar-refractivity contribution in [3.8, 4) is 0 Å². The lowest BCUT2D eigenvalue weighted by Gasteiger charge is -2.25. The Morgan fingerprint density at radius 2 is 1.80 bits per heavy atom. The molecule has 1 heterocycles. The van der Waals surface area contributed by atoms with Gasteiger partial charge in [-0.25, -0.2) is 0 Å². The van der Waals surface area contributed by atoms with Crippen molar-refractivity contribution in [1.82, 2.24) is 20.9 Å². The van der Waals surface area contributed by atoms with E-state index >= 15 is 0 Å². The molecule has 1 aliphatic heterocycles. The fourth-order valence-corrected chi connectivity index (χ4v) is 3.81. The molecule has 160 valence electrons. The summed E-state index contributed by atoms with van der Waals surface area (Å²) >= 11 is 0. The molecule has 1 saturated heterocycles. The summed E-state index contributed by atoms with van der Waals surface area (Å²) in [4.78, 5) is 18.8. The molecule has 2 aromatic rings. The minimum absolute atomic E-state index is 0.0360. The Labute approximate surface area is 179 Å². The van der Waals surface area contributed by atoms with Crippen molar-refractivity contribution < 1.29 is 4.79 Å². The lowest BCUT2D eigenvalue weighted by molar-refractivity contribution is 0.0956. The van der Waals surface area contributed by atoms with Crippen molar-refractivity contribution in [2.75, 3.05) is 26.7 Å². The van der Waals surface area contributed by atoms with Gasteiger partial charge in [-0.15, -0.1) is 0 Å². The summed E-state index contributed by atoms with van der Waals surface area (Å²) in [6.07, 6.45) is 2.45. The third-order valence-electron chi connectivity index (χ3n) is 5.47. The Morgan fingerprint density at radius 1 is 1.03 bits per heavy atom. The summed E-state index contributed by atoms with van der Waals surface area (Å²) in [5.41, 5.74) is 3.16. The Balaban J connectivity index is 1.46. The normalized spacial score (nSPS) is 17.0. The van der Waals surface area contributed by atoms with Crippen molar-refractivity contribution >= 4 is 11.9 Å². The number of amides is 1. The van der Waals surface area contributed by atoms with Crippen molar-refractivity contribution in [2.45, 2.75) is 38.9 Å². The van der Waals surface area contributed by atoms with Crippen LogP contribution in [0.3, 0.4) is 0 Å². The van der Waals surface area contributed by atoms with Gasteiger partial charge in [0.2, 0.25) is 0 Å². The lowest BCUT2D eigenvalue weighted by atomic mass is 10.1. The molecule has 1 fully saturated rings. The molecule has 1 aliphatic rings. The molecule has 6 nitrogen and oxygen atoms in total. The quantitative estimate of drug-likeness (QED) is 0.465. The Kier molecular flexibility index (Phi) is 8.27. The Hall–Kier alpha value is -2.86. The second-order valence-corrected chi connectivity index (χ2v) is 7.62. The van der Waals surface area contributed by atoms with Crippen molar-refractivity contribution in [3.63, 3.8) is 0 Å². The number of nitrogens with one attached hydrogen (secondary N) is 3. The van der Waals surface area contributed by atoms with Gasteiger partial charge in [-0.1, -0.05) is 42.5 Å². The monoisotopic (exact) mass is 407 g/mol. The van der Waals surface area contributed by atoms with Gasteiger partial charge in [0.15, 0.2) is 5.96 Å². The first-order valence-corrected chi connectivity index (χ1v) is 10.8. The molecule has 2 aromatic carbocycles. The van der Waals surface area contributed by atoms with E-state index in [1.54, 1.807) is 7.05 Å². The molecule has 3 rings (SSSR count). The van der Waals surface area contributed by atoms with Crippen LogP contribution in [0.5, 0.6) is 0 Å². The van der Waals surface area contributed by atoms with E-state index < -0.39 is 0 Å². The SMILES string of the molecule is CCNC(=O)c1ccc(CNC(=NC)NCC2CCCN2Cc2ccccc2)cc1. The average molecular weight is 408 g/mol. The fraction of sp³-hybridized carbons (Fsp3) is 0.417. The molecule has 0 aliphatic carbocycles. The van der Waals surface area contributed by atoms with Gasteiger partial charge in [0.05, 0.1) is 0 Å². The number of benzene rings is 2. The summed E-state index contributed by atoms with van der Waals surface area (Å²) in [5, 5.41) is 9.66. The maximum Gasteiger partial charge on any atom is 0.251 e. The van der Waals surface area contributed by atoms with Crippen LogP contribution in [0.25, 0.3) is 0 Å². The molecule has 0 radical (unpaired) electrons. The second-order valence-electron chi connectivity index (χ2n) is 7.62. The first kappa shape index (κ1) is 21.8.